The predicted molar refractivity (Wildman–Crippen MR) is 110 cm³/mol. The van der Waals surface area contributed by atoms with E-state index in [1.165, 1.54) is 12.1 Å². The first-order chi connectivity index (χ1) is 13.9. The maximum Gasteiger partial charge on any atom is 0.302 e. The van der Waals surface area contributed by atoms with Crippen molar-refractivity contribution in [2.75, 3.05) is 13.7 Å². The van der Waals surface area contributed by atoms with Crippen molar-refractivity contribution in [1.29, 1.82) is 0 Å². The van der Waals surface area contributed by atoms with Gasteiger partial charge in [-0.1, -0.05) is 41.9 Å². The Morgan fingerprint density at radius 2 is 1.90 bits per heavy atom. The molecule has 0 atom stereocenters. The highest BCUT2D eigenvalue weighted by Crippen LogP contribution is 2.34. The molecule has 0 aliphatic heterocycles. The third kappa shape index (κ3) is 6.57. The number of nitrogens with zero attached hydrogens (tertiary/aromatic N) is 2. The molecule has 2 aromatic carbocycles. The van der Waals surface area contributed by atoms with Gasteiger partial charge in [-0.15, -0.1) is 0 Å². The molecule has 0 heterocycles. The van der Waals surface area contributed by atoms with E-state index >= 15 is 0 Å². The minimum atomic E-state index is -0.698. The molecule has 2 rings (SSSR count). The second-order valence-corrected chi connectivity index (χ2v) is 6.98. The van der Waals surface area contributed by atoms with Crippen molar-refractivity contribution in [1.82, 2.24) is 4.90 Å². The molecule has 0 fully saturated rings. The third-order valence-corrected chi connectivity index (χ3v) is 4.71. The Morgan fingerprint density at radius 1 is 1.17 bits per heavy atom. The van der Waals surface area contributed by atoms with Crippen LogP contribution in [-0.2, 0) is 11.3 Å². The highest BCUT2D eigenvalue weighted by atomic mass is 35.5. The summed E-state index contributed by atoms with van der Waals surface area (Å²) in [4.78, 5) is 35.5. The summed E-state index contributed by atoms with van der Waals surface area (Å²) in [5.41, 5.74) is 0.464. The van der Waals surface area contributed by atoms with E-state index in [0.717, 1.165) is 12.0 Å². The number of nitro benzene ring substituents is 1. The SMILES string of the molecule is CN(Cc1ccccc1)C(=O)CCCCCOc1ccc(Cl)c([N+](=O)[O-])c1C=O. The number of rotatable bonds is 11. The molecule has 29 heavy (non-hydrogen) atoms. The summed E-state index contributed by atoms with van der Waals surface area (Å²) in [6.07, 6.45) is 2.94. The zero-order valence-corrected chi connectivity index (χ0v) is 16.9. The monoisotopic (exact) mass is 418 g/mol. The summed E-state index contributed by atoms with van der Waals surface area (Å²) in [6.45, 7) is 0.861. The first kappa shape index (κ1) is 22.4. The molecule has 0 bridgehead atoms. The van der Waals surface area contributed by atoms with Crippen molar-refractivity contribution in [2.24, 2.45) is 0 Å². The Bertz CT molecular complexity index is 858. The van der Waals surface area contributed by atoms with Crippen LogP contribution in [0.3, 0.4) is 0 Å². The zero-order valence-electron chi connectivity index (χ0n) is 16.2. The van der Waals surface area contributed by atoms with Crippen molar-refractivity contribution in [3.63, 3.8) is 0 Å². The van der Waals surface area contributed by atoms with Crippen LogP contribution in [0.2, 0.25) is 5.02 Å². The molecule has 0 radical (unpaired) electrons. The topological polar surface area (TPSA) is 89.8 Å². The van der Waals surface area contributed by atoms with Gasteiger partial charge in [0.1, 0.15) is 16.3 Å². The first-order valence-electron chi connectivity index (χ1n) is 9.26. The van der Waals surface area contributed by atoms with E-state index in [9.17, 15) is 19.7 Å². The van der Waals surface area contributed by atoms with Crippen molar-refractivity contribution < 1.29 is 19.2 Å². The van der Waals surface area contributed by atoms with Crippen LogP contribution in [0, 0.1) is 10.1 Å². The van der Waals surface area contributed by atoms with Gasteiger partial charge < -0.3 is 9.64 Å². The number of carbonyl (C=O) groups is 2. The Kier molecular flexibility index (Phi) is 8.61. The average Bonchev–Trinajstić information content (AvgIpc) is 2.71. The fraction of sp³-hybridized carbons (Fsp3) is 0.333. The normalized spacial score (nSPS) is 10.4. The first-order valence-corrected chi connectivity index (χ1v) is 9.64. The van der Waals surface area contributed by atoms with Gasteiger partial charge in [-0.2, -0.15) is 0 Å². The Labute approximate surface area is 174 Å². The van der Waals surface area contributed by atoms with Crippen LogP contribution in [0.15, 0.2) is 42.5 Å². The molecule has 0 aliphatic rings. The molecule has 8 heteroatoms. The average molecular weight is 419 g/mol. The number of hydrogen-bond acceptors (Lipinski definition) is 5. The minimum Gasteiger partial charge on any atom is -0.493 e. The molecule has 0 N–H and O–H groups in total. The predicted octanol–water partition coefficient (Wildman–Crippen LogP) is 4.66. The summed E-state index contributed by atoms with van der Waals surface area (Å²) >= 11 is 5.79. The van der Waals surface area contributed by atoms with Crippen molar-refractivity contribution >= 4 is 29.5 Å². The molecular weight excluding hydrogens is 396 g/mol. The molecule has 7 nitrogen and oxygen atoms in total. The van der Waals surface area contributed by atoms with Crippen molar-refractivity contribution in [3.8, 4) is 5.75 Å². The fourth-order valence-electron chi connectivity index (χ4n) is 2.86. The smallest absolute Gasteiger partial charge is 0.302 e. The summed E-state index contributed by atoms with van der Waals surface area (Å²) in [5, 5.41) is 11.0. The van der Waals surface area contributed by atoms with E-state index in [4.69, 9.17) is 16.3 Å². The molecule has 0 spiro atoms. The van der Waals surface area contributed by atoms with E-state index in [1.807, 2.05) is 30.3 Å². The number of amides is 1. The van der Waals surface area contributed by atoms with Gasteiger partial charge in [0.15, 0.2) is 6.29 Å². The summed E-state index contributed by atoms with van der Waals surface area (Å²) in [6, 6.07) is 12.6. The number of halogens is 1. The number of hydrogen-bond donors (Lipinski definition) is 0. The molecular formula is C21H23ClN2O5. The lowest BCUT2D eigenvalue weighted by atomic mass is 10.1. The van der Waals surface area contributed by atoms with Gasteiger partial charge in [0, 0.05) is 20.0 Å². The minimum absolute atomic E-state index is 0.0753. The van der Waals surface area contributed by atoms with Gasteiger partial charge in [-0.3, -0.25) is 19.7 Å². The van der Waals surface area contributed by atoms with Crippen LogP contribution < -0.4 is 4.74 Å². The number of aldehydes is 1. The van der Waals surface area contributed by atoms with Crippen LogP contribution in [0.1, 0.15) is 41.6 Å². The highest BCUT2D eigenvalue weighted by molar-refractivity contribution is 6.33. The van der Waals surface area contributed by atoms with E-state index in [1.54, 1.807) is 11.9 Å². The van der Waals surface area contributed by atoms with Gasteiger partial charge in [0.05, 0.1) is 11.5 Å². The van der Waals surface area contributed by atoms with Crippen LogP contribution in [0.4, 0.5) is 5.69 Å². The lowest BCUT2D eigenvalue weighted by molar-refractivity contribution is -0.385. The van der Waals surface area contributed by atoms with Gasteiger partial charge in [0.25, 0.3) is 0 Å². The number of unbranched alkanes of at least 4 members (excludes halogenated alkanes) is 2. The number of carbonyl (C=O) groups excluding carboxylic acids is 2. The molecule has 0 aromatic heterocycles. The molecule has 0 saturated heterocycles. The Hall–Kier alpha value is -2.93. The lowest BCUT2D eigenvalue weighted by Gasteiger charge is -2.17. The van der Waals surface area contributed by atoms with Crippen LogP contribution >= 0.6 is 11.6 Å². The summed E-state index contributed by atoms with van der Waals surface area (Å²) in [7, 11) is 1.78. The van der Waals surface area contributed by atoms with E-state index in [-0.39, 0.29) is 28.8 Å². The van der Waals surface area contributed by atoms with Gasteiger partial charge in [0.2, 0.25) is 5.91 Å². The Morgan fingerprint density at radius 3 is 2.55 bits per heavy atom. The number of nitro groups is 1. The van der Waals surface area contributed by atoms with E-state index in [0.29, 0.717) is 32.1 Å². The maximum atomic E-state index is 12.2. The fourth-order valence-corrected chi connectivity index (χ4v) is 3.10. The number of ether oxygens (including phenoxy) is 1. The molecule has 154 valence electrons. The third-order valence-electron chi connectivity index (χ3n) is 4.41. The second kappa shape index (κ2) is 11.2. The standard InChI is InChI=1S/C21H23ClN2O5/c1-23(14-16-8-4-2-5-9-16)20(26)10-6-3-7-13-29-19-12-11-18(22)21(24(27)28)17(19)15-25/h2,4-5,8-9,11-12,15H,3,6-7,10,13-14H2,1H3. The lowest BCUT2D eigenvalue weighted by Crippen LogP contribution is -2.25. The van der Waals surface area contributed by atoms with E-state index < -0.39 is 10.6 Å². The zero-order chi connectivity index (χ0) is 21.2. The molecule has 1 amide bonds. The van der Waals surface area contributed by atoms with Gasteiger partial charge in [-0.25, -0.2) is 0 Å². The van der Waals surface area contributed by atoms with Crippen molar-refractivity contribution in [3.05, 3.63) is 68.7 Å². The molecule has 2 aromatic rings. The molecule has 0 aliphatic carbocycles. The quantitative estimate of drug-likeness (QED) is 0.229. The maximum absolute atomic E-state index is 12.2. The largest absolute Gasteiger partial charge is 0.493 e. The second-order valence-electron chi connectivity index (χ2n) is 6.58. The van der Waals surface area contributed by atoms with Crippen LogP contribution in [0.25, 0.3) is 0 Å². The summed E-state index contributed by atoms with van der Waals surface area (Å²) < 4.78 is 5.52. The number of benzene rings is 2. The molecule has 0 saturated carbocycles. The van der Waals surface area contributed by atoms with Crippen LogP contribution in [0.5, 0.6) is 5.75 Å². The highest BCUT2D eigenvalue weighted by Gasteiger charge is 2.22. The summed E-state index contributed by atoms with van der Waals surface area (Å²) in [5.74, 6) is 0.209. The Balaban J connectivity index is 1.73. The van der Waals surface area contributed by atoms with Crippen LogP contribution in [-0.4, -0.2) is 35.7 Å². The van der Waals surface area contributed by atoms with E-state index in [2.05, 4.69) is 0 Å². The molecule has 0 unspecified atom stereocenters. The van der Waals surface area contributed by atoms with Gasteiger partial charge >= 0.3 is 5.69 Å². The van der Waals surface area contributed by atoms with Crippen molar-refractivity contribution in [2.45, 2.75) is 32.2 Å². The van der Waals surface area contributed by atoms with Gasteiger partial charge in [-0.05, 0) is 37.0 Å².